The second kappa shape index (κ2) is 6.58. The van der Waals surface area contributed by atoms with Gasteiger partial charge in [0.05, 0.1) is 10.6 Å². The molecule has 0 atom stereocenters. The Hall–Kier alpha value is -1.40. The summed E-state index contributed by atoms with van der Waals surface area (Å²) in [7, 11) is -1.40. The molecule has 21 heavy (non-hydrogen) atoms. The lowest BCUT2D eigenvalue weighted by molar-refractivity contribution is 0.0703. The summed E-state index contributed by atoms with van der Waals surface area (Å²) in [6.45, 7) is 3.46. The molecule has 1 heterocycles. The second-order valence-electron chi connectivity index (χ2n) is 5.33. The number of carbonyl (C=O) groups excluding carboxylic acids is 1. The van der Waals surface area contributed by atoms with Gasteiger partial charge >= 0.3 is 0 Å². The van der Waals surface area contributed by atoms with Gasteiger partial charge in [0.25, 0.3) is 5.91 Å². The Morgan fingerprint density at radius 1 is 1.24 bits per heavy atom. The summed E-state index contributed by atoms with van der Waals surface area (Å²) in [4.78, 5) is 14.5. The summed E-state index contributed by atoms with van der Waals surface area (Å²) in [5, 5.41) is 3.27. The largest absolute Gasteiger partial charge is 0.339 e. The lowest BCUT2D eigenvalue weighted by Gasteiger charge is -2.31. The molecule has 0 aliphatic carbocycles. The Morgan fingerprint density at radius 3 is 2.33 bits per heavy atom. The molecule has 1 saturated heterocycles. The van der Waals surface area contributed by atoms with Crippen molar-refractivity contribution in [2.24, 2.45) is 0 Å². The Labute approximate surface area is 126 Å². The van der Waals surface area contributed by atoms with E-state index in [1.54, 1.807) is 24.0 Å². The van der Waals surface area contributed by atoms with Gasteiger partial charge in [-0.25, -0.2) is 8.42 Å². The third-order valence-electron chi connectivity index (χ3n) is 4.02. The molecule has 1 aromatic rings. The highest BCUT2D eigenvalue weighted by molar-refractivity contribution is 7.91. The van der Waals surface area contributed by atoms with Crippen molar-refractivity contribution in [3.63, 3.8) is 0 Å². The predicted octanol–water partition coefficient (Wildman–Crippen LogP) is 1.30. The molecule has 0 radical (unpaired) electrons. The van der Waals surface area contributed by atoms with Crippen LogP contribution in [0.1, 0.15) is 30.1 Å². The minimum Gasteiger partial charge on any atom is -0.339 e. The molecular formula is C15H22N2O3S. The SMILES string of the molecule is CCS(=O)(=O)c1ccc(C(=O)N(C)C2CCNCC2)cc1. The fourth-order valence-corrected chi connectivity index (χ4v) is 3.42. The number of piperidine rings is 1. The number of carbonyl (C=O) groups is 1. The van der Waals surface area contributed by atoms with E-state index in [0.717, 1.165) is 25.9 Å². The molecular weight excluding hydrogens is 288 g/mol. The maximum absolute atomic E-state index is 12.4. The number of nitrogens with one attached hydrogen (secondary N) is 1. The van der Waals surface area contributed by atoms with E-state index in [1.807, 2.05) is 7.05 Å². The number of rotatable bonds is 4. The first-order valence-electron chi connectivity index (χ1n) is 7.26. The molecule has 5 nitrogen and oxygen atoms in total. The van der Waals surface area contributed by atoms with Crippen LogP contribution in [0.2, 0.25) is 0 Å². The third-order valence-corrected chi connectivity index (χ3v) is 5.77. The number of hydrogen-bond donors (Lipinski definition) is 1. The zero-order chi connectivity index (χ0) is 15.5. The molecule has 1 amide bonds. The zero-order valence-corrected chi connectivity index (χ0v) is 13.3. The van der Waals surface area contributed by atoms with Crippen molar-refractivity contribution in [3.8, 4) is 0 Å². The van der Waals surface area contributed by atoms with E-state index in [9.17, 15) is 13.2 Å². The summed E-state index contributed by atoms with van der Waals surface area (Å²) in [5.41, 5.74) is 0.533. The normalized spacial score (nSPS) is 16.7. The smallest absolute Gasteiger partial charge is 0.253 e. The van der Waals surface area contributed by atoms with Crippen LogP contribution in [0.4, 0.5) is 0 Å². The van der Waals surface area contributed by atoms with Crippen molar-refractivity contribution < 1.29 is 13.2 Å². The summed E-state index contributed by atoms with van der Waals surface area (Å²) in [6, 6.07) is 6.48. The van der Waals surface area contributed by atoms with Crippen LogP contribution in [0.5, 0.6) is 0 Å². The van der Waals surface area contributed by atoms with Crippen LogP contribution in [0, 0.1) is 0 Å². The maximum Gasteiger partial charge on any atom is 0.253 e. The summed E-state index contributed by atoms with van der Waals surface area (Å²) in [5.74, 6) is 0.0114. The Bertz CT molecular complexity index is 590. The fraction of sp³-hybridized carbons (Fsp3) is 0.533. The highest BCUT2D eigenvalue weighted by atomic mass is 32.2. The van der Waals surface area contributed by atoms with Gasteiger partial charge < -0.3 is 10.2 Å². The molecule has 0 unspecified atom stereocenters. The molecule has 0 saturated carbocycles. The summed E-state index contributed by atoms with van der Waals surface area (Å²) in [6.07, 6.45) is 1.90. The highest BCUT2D eigenvalue weighted by Crippen LogP contribution is 2.16. The van der Waals surface area contributed by atoms with Crippen molar-refractivity contribution >= 4 is 15.7 Å². The van der Waals surface area contributed by atoms with E-state index in [2.05, 4.69) is 5.32 Å². The van der Waals surface area contributed by atoms with Crippen LogP contribution >= 0.6 is 0 Å². The molecule has 116 valence electrons. The Morgan fingerprint density at radius 2 is 1.81 bits per heavy atom. The minimum atomic E-state index is -3.21. The van der Waals surface area contributed by atoms with Gasteiger partial charge in [-0.15, -0.1) is 0 Å². The van der Waals surface area contributed by atoms with E-state index in [1.165, 1.54) is 12.1 Å². The van der Waals surface area contributed by atoms with E-state index < -0.39 is 9.84 Å². The molecule has 6 heteroatoms. The molecule has 1 N–H and O–H groups in total. The number of amides is 1. The van der Waals surface area contributed by atoms with E-state index in [4.69, 9.17) is 0 Å². The van der Waals surface area contributed by atoms with Crippen LogP contribution < -0.4 is 5.32 Å². The van der Waals surface area contributed by atoms with Crippen LogP contribution in [0.25, 0.3) is 0 Å². The average Bonchev–Trinajstić information content (AvgIpc) is 2.54. The lowest BCUT2D eigenvalue weighted by Crippen LogP contribution is -2.43. The monoisotopic (exact) mass is 310 g/mol. The number of benzene rings is 1. The van der Waals surface area contributed by atoms with Crippen molar-refractivity contribution in [1.29, 1.82) is 0 Å². The van der Waals surface area contributed by atoms with Crippen molar-refractivity contribution in [2.45, 2.75) is 30.7 Å². The van der Waals surface area contributed by atoms with Gasteiger partial charge in [-0.1, -0.05) is 6.92 Å². The van der Waals surface area contributed by atoms with Crippen molar-refractivity contribution in [1.82, 2.24) is 10.2 Å². The first-order chi connectivity index (χ1) is 9.95. The number of hydrogen-bond acceptors (Lipinski definition) is 4. The highest BCUT2D eigenvalue weighted by Gasteiger charge is 2.23. The Kier molecular flexibility index (Phi) is 5.00. The predicted molar refractivity (Wildman–Crippen MR) is 82.2 cm³/mol. The Balaban J connectivity index is 2.12. The first-order valence-corrected chi connectivity index (χ1v) is 8.91. The van der Waals surface area contributed by atoms with Gasteiger partial charge in [0.2, 0.25) is 0 Å². The van der Waals surface area contributed by atoms with Crippen LogP contribution in [-0.4, -0.2) is 51.2 Å². The molecule has 0 spiro atoms. The zero-order valence-electron chi connectivity index (χ0n) is 12.5. The van der Waals surface area contributed by atoms with Crippen molar-refractivity contribution in [3.05, 3.63) is 29.8 Å². The molecule has 1 aliphatic rings. The van der Waals surface area contributed by atoms with E-state index >= 15 is 0 Å². The van der Waals surface area contributed by atoms with Gasteiger partial charge in [-0.05, 0) is 50.2 Å². The van der Waals surface area contributed by atoms with Gasteiger partial charge in [0, 0.05) is 18.7 Å². The van der Waals surface area contributed by atoms with Crippen LogP contribution in [-0.2, 0) is 9.84 Å². The van der Waals surface area contributed by atoms with Gasteiger partial charge in [-0.3, -0.25) is 4.79 Å². The lowest BCUT2D eigenvalue weighted by atomic mass is 10.0. The maximum atomic E-state index is 12.4. The van der Waals surface area contributed by atoms with Crippen molar-refractivity contribution in [2.75, 3.05) is 25.9 Å². The van der Waals surface area contributed by atoms with Gasteiger partial charge in [-0.2, -0.15) is 0 Å². The standard InChI is InChI=1S/C15H22N2O3S/c1-3-21(19,20)14-6-4-12(5-7-14)15(18)17(2)13-8-10-16-11-9-13/h4-7,13,16H,3,8-11H2,1-2H3. The summed E-state index contributed by atoms with van der Waals surface area (Å²) >= 11 is 0. The quantitative estimate of drug-likeness (QED) is 0.910. The number of sulfone groups is 1. The second-order valence-corrected chi connectivity index (χ2v) is 7.60. The first kappa shape index (κ1) is 16.0. The third kappa shape index (κ3) is 3.63. The van der Waals surface area contributed by atoms with Gasteiger partial charge in [0.1, 0.15) is 0 Å². The molecule has 1 aliphatic heterocycles. The molecule has 0 bridgehead atoms. The molecule has 1 fully saturated rings. The fourth-order valence-electron chi connectivity index (χ4n) is 2.53. The van der Waals surface area contributed by atoms with Crippen LogP contribution in [0.15, 0.2) is 29.2 Å². The summed E-state index contributed by atoms with van der Waals surface area (Å²) < 4.78 is 23.5. The molecule has 2 rings (SSSR count). The van der Waals surface area contributed by atoms with Gasteiger partial charge in [0.15, 0.2) is 9.84 Å². The van der Waals surface area contributed by atoms with E-state index in [-0.39, 0.29) is 22.6 Å². The van der Waals surface area contributed by atoms with Crippen LogP contribution in [0.3, 0.4) is 0 Å². The average molecular weight is 310 g/mol. The van der Waals surface area contributed by atoms with E-state index in [0.29, 0.717) is 5.56 Å². The molecule has 1 aromatic carbocycles. The number of nitrogens with zero attached hydrogens (tertiary/aromatic N) is 1. The minimum absolute atomic E-state index is 0.0534. The topological polar surface area (TPSA) is 66.5 Å². The molecule has 0 aromatic heterocycles.